The highest BCUT2D eigenvalue weighted by atomic mass is 35.5. The molecule has 2 heterocycles. The number of piperazine rings is 1. The van der Waals surface area contributed by atoms with Gasteiger partial charge in [0.2, 0.25) is 0 Å². The Labute approximate surface area is 148 Å². The molecule has 6 nitrogen and oxygen atoms in total. The van der Waals surface area contributed by atoms with Crippen molar-refractivity contribution >= 4 is 29.0 Å². The number of benzene rings is 1. The Morgan fingerprint density at radius 3 is 2.56 bits per heavy atom. The Bertz CT molecular complexity index is 796. The fraction of sp³-hybridized carbons (Fsp3) is 0.312. The minimum absolute atomic E-state index is 0.129. The summed E-state index contributed by atoms with van der Waals surface area (Å²) < 4.78 is 26.8. The predicted molar refractivity (Wildman–Crippen MR) is 91.1 cm³/mol. The van der Waals surface area contributed by atoms with Gasteiger partial charge in [-0.2, -0.15) is 0 Å². The summed E-state index contributed by atoms with van der Waals surface area (Å²) in [6, 6.07) is 2.96. The van der Waals surface area contributed by atoms with Crippen LogP contribution in [0.4, 0.5) is 20.3 Å². The van der Waals surface area contributed by atoms with Crippen LogP contribution in [0.5, 0.6) is 0 Å². The smallest absolute Gasteiger partial charge is 0.256 e. The first kappa shape index (κ1) is 17.3. The maximum Gasteiger partial charge on any atom is 0.256 e. The Morgan fingerprint density at radius 1 is 1.20 bits per heavy atom. The molecule has 1 saturated heterocycles. The molecule has 9 heteroatoms. The summed E-state index contributed by atoms with van der Waals surface area (Å²) in [5.74, 6) is -1.36. The molecule has 1 N–H and O–H groups in total. The molecule has 0 aliphatic carbocycles. The molecule has 1 aromatic heterocycles. The standard InChI is InChI=1S/C16H16ClF2N5O/c1-20-13-14(17)21-9-22-15(13)23-4-6-24(7-5-23)16(25)11-3-2-10(18)8-12(11)19/h2-3,8-9,20H,4-7H2,1H3. The second-order valence-electron chi connectivity index (χ2n) is 5.52. The van der Waals surface area contributed by atoms with Crippen molar-refractivity contribution < 1.29 is 13.6 Å². The van der Waals surface area contributed by atoms with Crippen LogP contribution >= 0.6 is 11.6 Å². The number of halogens is 3. The Kier molecular flexibility index (Phi) is 4.98. The minimum Gasteiger partial charge on any atom is -0.383 e. The average molecular weight is 368 g/mol. The van der Waals surface area contributed by atoms with Crippen LogP contribution in [0.3, 0.4) is 0 Å². The predicted octanol–water partition coefficient (Wildman–Crippen LogP) is 2.41. The largest absolute Gasteiger partial charge is 0.383 e. The van der Waals surface area contributed by atoms with E-state index in [0.717, 1.165) is 6.07 Å². The zero-order valence-corrected chi connectivity index (χ0v) is 14.2. The lowest BCUT2D eigenvalue weighted by atomic mass is 10.1. The number of carbonyl (C=O) groups excluding carboxylic acids is 1. The fourth-order valence-corrected chi connectivity index (χ4v) is 2.99. The molecule has 25 heavy (non-hydrogen) atoms. The van der Waals surface area contributed by atoms with Crippen LogP contribution in [0, 0.1) is 11.6 Å². The highest BCUT2D eigenvalue weighted by Crippen LogP contribution is 2.29. The number of hydrogen-bond acceptors (Lipinski definition) is 5. The molecular weight excluding hydrogens is 352 g/mol. The van der Waals surface area contributed by atoms with Crippen molar-refractivity contribution in [1.82, 2.24) is 14.9 Å². The molecule has 0 bridgehead atoms. The molecule has 2 aromatic rings. The quantitative estimate of drug-likeness (QED) is 0.844. The monoisotopic (exact) mass is 367 g/mol. The van der Waals surface area contributed by atoms with E-state index in [1.807, 2.05) is 4.90 Å². The number of hydrogen-bond donors (Lipinski definition) is 1. The second-order valence-corrected chi connectivity index (χ2v) is 5.87. The summed E-state index contributed by atoms with van der Waals surface area (Å²) in [5, 5.41) is 3.29. The SMILES string of the molecule is CNc1c(Cl)ncnc1N1CCN(C(=O)c2ccc(F)cc2F)CC1. The topological polar surface area (TPSA) is 61.4 Å². The van der Waals surface area contributed by atoms with E-state index in [0.29, 0.717) is 48.9 Å². The number of nitrogens with zero attached hydrogens (tertiary/aromatic N) is 4. The number of anilines is 2. The second kappa shape index (κ2) is 7.18. The summed E-state index contributed by atoms with van der Waals surface area (Å²) in [7, 11) is 1.73. The van der Waals surface area contributed by atoms with E-state index in [-0.39, 0.29) is 5.56 Å². The third-order valence-corrected chi connectivity index (χ3v) is 4.35. The van der Waals surface area contributed by atoms with Gasteiger partial charge in [0.25, 0.3) is 5.91 Å². The molecule has 3 rings (SSSR count). The van der Waals surface area contributed by atoms with E-state index in [9.17, 15) is 13.6 Å². The highest BCUT2D eigenvalue weighted by Gasteiger charge is 2.26. The van der Waals surface area contributed by atoms with Crippen molar-refractivity contribution in [2.75, 3.05) is 43.4 Å². The van der Waals surface area contributed by atoms with Crippen molar-refractivity contribution in [3.8, 4) is 0 Å². The van der Waals surface area contributed by atoms with Crippen LogP contribution in [0.15, 0.2) is 24.5 Å². The van der Waals surface area contributed by atoms with Gasteiger partial charge < -0.3 is 15.1 Å². The zero-order chi connectivity index (χ0) is 18.0. The molecule has 0 spiro atoms. The van der Waals surface area contributed by atoms with Crippen LogP contribution in [0.25, 0.3) is 0 Å². The zero-order valence-electron chi connectivity index (χ0n) is 13.5. The molecule has 0 atom stereocenters. The molecule has 1 amide bonds. The summed E-state index contributed by atoms with van der Waals surface area (Å²) in [5.41, 5.74) is 0.490. The number of rotatable bonds is 3. The van der Waals surface area contributed by atoms with Crippen LogP contribution in [-0.2, 0) is 0 Å². The average Bonchev–Trinajstić information content (AvgIpc) is 2.61. The van der Waals surface area contributed by atoms with Crippen LogP contribution in [0.1, 0.15) is 10.4 Å². The van der Waals surface area contributed by atoms with Crippen LogP contribution < -0.4 is 10.2 Å². The molecule has 1 aliphatic rings. The number of amides is 1. The normalized spacial score (nSPS) is 14.6. The number of aromatic nitrogens is 2. The molecular formula is C16H16ClF2N5O. The van der Waals surface area contributed by atoms with Gasteiger partial charge in [0.05, 0.1) is 5.56 Å². The first-order valence-corrected chi connectivity index (χ1v) is 8.06. The maximum atomic E-state index is 13.8. The summed E-state index contributed by atoms with van der Waals surface area (Å²) in [6.45, 7) is 1.80. The first-order chi connectivity index (χ1) is 12.0. The van der Waals surface area contributed by atoms with E-state index in [2.05, 4.69) is 15.3 Å². The van der Waals surface area contributed by atoms with Gasteiger partial charge in [-0.3, -0.25) is 4.79 Å². The van der Waals surface area contributed by atoms with Crippen LogP contribution in [0.2, 0.25) is 5.15 Å². The fourth-order valence-electron chi connectivity index (χ4n) is 2.76. The van der Waals surface area contributed by atoms with Gasteiger partial charge in [-0.25, -0.2) is 18.7 Å². The Balaban J connectivity index is 1.72. The lowest BCUT2D eigenvalue weighted by molar-refractivity contribution is 0.0741. The lowest BCUT2D eigenvalue weighted by Gasteiger charge is -2.36. The molecule has 132 valence electrons. The van der Waals surface area contributed by atoms with Gasteiger partial charge >= 0.3 is 0 Å². The summed E-state index contributed by atoms with van der Waals surface area (Å²) >= 11 is 6.06. The first-order valence-electron chi connectivity index (χ1n) is 7.68. The lowest BCUT2D eigenvalue weighted by Crippen LogP contribution is -2.49. The van der Waals surface area contributed by atoms with Crippen molar-refractivity contribution in [2.24, 2.45) is 0 Å². The molecule has 0 radical (unpaired) electrons. The Morgan fingerprint density at radius 2 is 1.92 bits per heavy atom. The number of nitrogens with one attached hydrogen (secondary N) is 1. The number of carbonyl (C=O) groups is 1. The van der Waals surface area contributed by atoms with Gasteiger partial charge in [-0.15, -0.1) is 0 Å². The Hall–Kier alpha value is -2.48. The molecule has 1 aromatic carbocycles. The third kappa shape index (κ3) is 3.48. The van der Waals surface area contributed by atoms with Crippen molar-refractivity contribution in [3.63, 3.8) is 0 Å². The van der Waals surface area contributed by atoms with Crippen molar-refractivity contribution in [2.45, 2.75) is 0 Å². The maximum absolute atomic E-state index is 13.8. The van der Waals surface area contributed by atoms with Gasteiger partial charge in [0.1, 0.15) is 23.6 Å². The molecule has 1 aliphatic heterocycles. The van der Waals surface area contributed by atoms with Gasteiger partial charge in [-0.1, -0.05) is 11.6 Å². The van der Waals surface area contributed by atoms with E-state index in [1.54, 1.807) is 7.05 Å². The molecule has 1 fully saturated rings. The summed E-state index contributed by atoms with van der Waals surface area (Å²) in [4.78, 5) is 24.1. The molecule has 0 unspecified atom stereocenters. The van der Waals surface area contributed by atoms with E-state index >= 15 is 0 Å². The van der Waals surface area contributed by atoms with Crippen molar-refractivity contribution in [1.29, 1.82) is 0 Å². The van der Waals surface area contributed by atoms with Gasteiger partial charge in [0, 0.05) is 39.3 Å². The van der Waals surface area contributed by atoms with E-state index in [4.69, 9.17) is 11.6 Å². The van der Waals surface area contributed by atoms with Gasteiger partial charge in [0.15, 0.2) is 11.0 Å². The third-order valence-electron chi connectivity index (χ3n) is 4.06. The van der Waals surface area contributed by atoms with E-state index < -0.39 is 17.5 Å². The van der Waals surface area contributed by atoms with Crippen LogP contribution in [-0.4, -0.2) is 54.0 Å². The van der Waals surface area contributed by atoms with Crippen molar-refractivity contribution in [3.05, 3.63) is 46.9 Å². The highest BCUT2D eigenvalue weighted by molar-refractivity contribution is 6.32. The summed E-state index contributed by atoms with van der Waals surface area (Å²) in [6.07, 6.45) is 1.38. The van der Waals surface area contributed by atoms with Gasteiger partial charge in [-0.05, 0) is 12.1 Å². The minimum atomic E-state index is -0.854. The van der Waals surface area contributed by atoms with E-state index in [1.165, 1.54) is 17.3 Å². The molecule has 0 saturated carbocycles.